The minimum absolute atomic E-state index is 0.0343. The lowest BCUT2D eigenvalue weighted by Crippen LogP contribution is -2.37. The Kier molecular flexibility index (Phi) is 5.50. The van der Waals surface area contributed by atoms with E-state index in [4.69, 9.17) is 4.74 Å². The van der Waals surface area contributed by atoms with Gasteiger partial charge in [-0.2, -0.15) is 0 Å². The van der Waals surface area contributed by atoms with Crippen LogP contribution in [0.5, 0.6) is 0 Å². The SMILES string of the molecule is C[C@@H](OC(=O)c1cc(F)ccc1Br)C(=O)N(C)c1ccccc1. The average molecular weight is 380 g/mol. The normalized spacial score (nSPS) is 11.7. The van der Waals surface area contributed by atoms with Crippen LogP contribution in [0.4, 0.5) is 10.1 Å². The molecule has 4 nitrogen and oxygen atoms in total. The van der Waals surface area contributed by atoms with Crippen molar-refractivity contribution >= 4 is 33.5 Å². The summed E-state index contributed by atoms with van der Waals surface area (Å²) in [5.41, 5.74) is 0.722. The Labute approximate surface area is 142 Å². The second-order valence-electron chi connectivity index (χ2n) is 4.90. The van der Waals surface area contributed by atoms with Gasteiger partial charge in [-0.25, -0.2) is 9.18 Å². The smallest absolute Gasteiger partial charge is 0.340 e. The number of likely N-dealkylation sites (N-methyl/N-ethyl adjacent to an activating group) is 1. The van der Waals surface area contributed by atoms with Gasteiger partial charge in [0.2, 0.25) is 0 Å². The van der Waals surface area contributed by atoms with Crippen LogP contribution in [-0.2, 0) is 9.53 Å². The molecule has 0 aliphatic rings. The molecule has 120 valence electrons. The van der Waals surface area contributed by atoms with E-state index in [1.165, 1.54) is 24.0 Å². The van der Waals surface area contributed by atoms with Crippen molar-refractivity contribution in [1.82, 2.24) is 0 Å². The molecule has 2 aromatic rings. The molecule has 2 rings (SSSR count). The van der Waals surface area contributed by atoms with Crippen molar-refractivity contribution in [3.63, 3.8) is 0 Å². The number of anilines is 1. The van der Waals surface area contributed by atoms with Gasteiger partial charge in [0.05, 0.1) is 5.56 Å². The zero-order chi connectivity index (χ0) is 17.0. The fraction of sp³-hybridized carbons (Fsp3) is 0.176. The van der Waals surface area contributed by atoms with Gasteiger partial charge in [-0.05, 0) is 53.2 Å². The molecule has 1 amide bonds. The van der Waals surface area contributed by atoms with E-state index < -0.39 is 17.9 Å². The van der Waals surface area contributed by atoms with Crippen molar-refractivity contribution in [2.24, 2.45) is 0 Å². The van der Waals surface area contributed by atoms with Crippen LogP contribution in [0.25, 0.3) is 0 Å². The summed E-state index contributed by atoms with van der Waals surface area (Å²) in [5, 5.41) is 0. The van der Waals surface area contributed by atoms with Gasteiger partial charge in [-0.15, -0.1) is 0 Å². The van der Waals surface area contributed by atoms with Gasteiger partial charge in [0.15, 0.2) is 6.10 Å². The van der Waals surface area contributed by atoms with Crippen LogP contribution < -0.4 is 4.90 Å². The molecule has 2 aromatic carbocycles. The Morgan fingerprint density at radius 3 is 2.48 bits per heavy atom. The highest BCUT2D eigenvalue weighted by Gasteiger charge is 2.24. The van der Waals surface area contributed by atoms with Gasteiger partial charge in [0, 0.05) is 17.2 Å². The predicted molar refractivity (Wildman–Crippen MR) is 88.8 cm³/mol. The van der Waals surface area contributed by atoms with E-state index in [0.717, 1.165) is 6.07 Å². The van der Waals surface area contributed by atoms with Crippen LogP contribution in [0.2, 0.25) is 0 Å². The summed E-state index contributed by atoms with van der Waals surface area (Å²) >= 11 is 3.16. The number of esters is 1. The fourth-order valence-corrected chi connectivity index (χ4v) is 2.39. The van der Waals surface area contributed by atoms with E-state index in [0.29, 0.717) is 10.2 Å². The predicted octanol–water partition coefficient (Wildman–Crippen LogP) is 3.80. The van der Waals surface area contributed by atoms with Crippen molar-refractivity contribution in [1.29, 1.82) is 0 Å². The third kappa shape index (κ3) is 4.16. The van der Waals surface area contributed by atoms with E-state index in [1.807, 2.05) is 6.07 Å². The molecule has 0 unspecified atom stereocenters. The molecule has 0 aliphatic carbocycles. The number of para-hydroxylation sites is 1. The Bertz CT molecular complexity index is 721. The fourth-order valence-electron chi connectivity index (χ4n) is 1.98. The quantitative estimate of drug-likeness (QED) is 0.759. The molecule has 0 aromatic heterocycles. The minimum atomic E-state index is -0.997. The molecule has 0 fully saturated rings. The second-order valence-corrected chi connectivity index (χ2v) is 5.76. The number of ether oxygens (including phenoxy) is 1. The van der Waals surface area contributed by atoms with E-state index in [2.05, 4.69) is 15.9 Å². The third-order valence-corrected chi connectivity index (χ3v) is 3.95. The summed E-state index contributed by atoms with van der Waals surface area (Å²) in [7, 11) is 1.60. The maximum absolute atomic E-state index is 13.2. The Balaban J connectivity index is 2.09. The number of hydrogen-bond donors (Lipinski definition) is 0. The van der Waals surface area contributed by atoms with E-state index >= 15 is 0 Å². The lowest BCUT2D eigenvalue weighted by atomic mass is 10.2. The zero-order valence-electron chi connectivity index (χ0n) is 12.6. The summed E-state index contributed by atoms with van der Waals surface area (Å²) in [6.07, 6.45) is -0.997. The molecule has 0 radical (unpaired) electrons. The summed E-state index contributed by atoms with van der Waals surface area (Å²) in [4.78, 5) is 25.8. The number of hydrogen-bond acceptors (Lipinski definition) is 3. The van der Waals surface area contributed by atoms with Crippen molar-refractivity contribution in [2.45, 2.75) is 13.0 Å². The number of carbonyl (C=O) groups is 2. The first-order chi connectivity index (χ1) is 10.9. The summed E-state index contributed by atoms with van der Waals surface area (Å²) in [6, 6.07) is 12.7. The first kappa shape index (κ1) is 17.1. The molecule has 1 atom stereocenters. The molecule has 0 saturated heterocycles. The van der Waals surface area contributed by atoms with Crippen molar-refractivity contribution < 1.29 is 18.7 Å². The average Bonchev–Trinajstić information content (AvgIpc) is 2.56. The van der Waals surface area contributed by atoms with Crippen LogP contribution in [0.1, 0.15) is 17.3 Å². The molecule has 0 N–H and O–H groups in total. The van der Waals surface area contributed by atoms with Crippen molar-refractivity contribution in [2.75, 3.05) is 11.9 Å². The molecule has 0 saturated carbocycles. The number of rotatable bonds is 4. The third-order valence-electron chi connectivity index (χ3n) is 3.25. The van der Waals surface area contributed by atoms with Gasteiger partial charge >= 0.3 is 5.97 Å². The Hall–Kier alpha value is -2.21. The molecule has 6 heteroatoms. The van der Waals surface area contributed by atoms with Gasteiger partial charge in [0.25, 0.3) is 5.91 Å². The lowest BCUT2D eigenvalue weighted by molar-refractivity contribution is -0.126. The Morgan fingerprint density at radius 2 is 1.83 bits per heavy atom. The van der Waals surface area contributed by atoms with Crippen molar-refractivity contribution in [3.8, 4) is 0 Å². The monoisotopic (exact) mass is 379 g/mol. The molecular formula is C17H15BrFNO3. The van der Waals surface area contributed by atoms with Gasteiger partial charge < -0.3 is 9.64 Å². The topological polar surface area (TPSA) is 46.6 Å². The number of halogens is 2. The molecule has 0 aliphatic heterocycles. The van der Waals surface area contributed by atoms with Crippen LogP contribution in [0.3, 0.4) is 0 Å². The molecule has 0 bridgehead atoms. The number of amides is 1. The highest BCUT2D eigenvalue weighted by Crippen LogP contribution is 2.20. The maximum Gasteiger partial charge on any atom is 0.340 e. The summed E-state index contributed by atoms with van der Waals surface area (Å²) in [5.74, 6) is -1.70. The summed E-state index contributed by atoms with van der Waals surface area (Å²) in [6.45, 7) is 1.48. The van der Waals surface area contributed by atoms with E-state index in [9.17, 15) is 14.0 Å². The number of benzene rings is 2. The van der Waals surface area contributed by atoms with Gasteiger partial charge in [-0.1, -0.05) is 18.2 Å². The van der Waals surface area contributed by atoms with Crippen LogP contribution in [0, 0.1) is 5.82 Å². The summed E-state index contributed by atoms with van der Waals surface area (Å²) < 4.78 is 18.8. The molecule has 23 heavy (non-hydrogen) atoms. The number of nitrogens with zero attached hydrogens (tertiary/aromatic N) is 1. The minimum Gasteiger partial charge on any atom is -0.449 e. The lowest BCUT2D eigenvalue weighted by Gasteiger charge is -2.21. The van der Waals surface area contributed by atoms with Gasteiger partial charge in [-0.3, -0.25) is 4.79 Å². The first-order valence-corrected chi connectivity index (χ1v) is 7.68. The molecule has 0 spiro atoms. The van der Waals surface area contributed by atoms with Crippen LogP contribution in [-0.4, -0.2) is 25.0 Å². The number of carbonyl (C=O) groups excluding carboxylic acids is 2. The molecular weight excluding hydrogens is 365 g/mol. The molecule has 0 heterocycles. The highest BCUT2D eigenvalue weighted by atomic mass is 79.9. The zero-order valence-corrected chi connectivity index (χ0v) is 14.2. The van der Waals surface area contributed by atoms with E-state index in [1.54, 1.807) is 31.3 Å². The van der Waals surface area contributed by atoms with Gasteiger partial charge in [0.1, 0.15) is 5.82 Å². The van der Waals surface area contributed by atoms with Crippen LogP contribution >= 0.6 is 15.9 Å². The highest BCUT2D eigenvalue weighted by molar-refractivity contribution is 9.10. The van der Waals surface area contributed by atoms with Crippen molar-refractivity contribution in [3.05, 3.63) is 64.4 Å². The first-order valence-electron chi connectivity index (χ1n) is 6.89. The van der Waals surface area contributed by atoms with Crippen LogP contribution in [0.15, 0.2) is 53.0 Å². The Morgan fingerprint density at radius 1 is 1.17 bits per heavy atom. The standard InChI is InChI=1S/C17H15BrFNO3/c1-11(16(21)20(2)13-6-4-3-5-7-13)23-17(22)14-10-12(19)8-9-15(14)18/h3-11H,1-2H3/t11-/m1/s1. The second kappa shape index (κ2) is 7.37. The maximum atomic E-state index is 13.2. The van der Waals surface area contributed by atoms with E-state index in [-0.39, 0.29) is 11.5 Å². The largest absolute Gasteiger partial charge is 0.449 e.